The van der Waals surface area contributed by atoms with Crippen LogP contribution in [0.1, 0.15) is 0 Å². The third-order valence-electron chi connectivity index (χ3n) is 4.21. The summed E-state index contributed by atoms with van der Waals surface area (Å²) in [7, 11) is 0. The molecule has 0 bridgehead atoms. The smallest absolute Gasteiger partial charge is 0.277 e. The van der Waals surface area contributed by atoms with Crippen LogP contribution in [0.5, 0.6) is 0 Å². The van der Waals surface area contributed by atoms with E-state index in [2.05, 4.69) is 31.2 Å². The van der Waals surface area contributed by atoms with Crippen LogP contribution in [0, 0.1) is 10.1 Å². The predicted octanol–water partition coefficient (Wildman–Crippen LogP) is 5.29. The highest BCUT2D eigenvalue weighted by Gasteiger charge is 2.16. The number of nitro benzene ring substituents is 1. The summed E-state index contributed by atoms with van der Waals surface area (Å²) in [4.78, 5) is 19.6. The number of nitrogens with zero attached hydrogens (tertiary/aromatic N) is 3. The fourth-order valence-electron chi connectivity index (χ4n) is 2.99. The summed E-state index contributed by atoms with van der Waals surface area (Å²) in [5.41, 5.74) is 8.60. The van der Waals surface area contributed by atoms with E-state index in [0.29, 0.717) is 27.8 Å². The third kappa shape index (κ3) is 3.49. The Kier molecular flexibility index (Phi) is 4.62. The maximum atomic E-state index is 11.4. The molecule has 0 saturated carbocycles. The van der Waals surface area contributed by atoms with Crippen molar-refractivity contribution in [2.45, 2.75) is 0 Å². The highest BCUT2D eigenvalue weighted by molar-refractivity contribution is 9.10. The van der Waals surface area contributed by atoms with Crippen molar-refractivity contribution in [2.24, 2.45) is 0 Å². The van der Waals surface area contributed by atoms with E-state index in [0.717, 1.165) is 10.2 Å². The van der Waals surface area contributed by atoms with E-state index in [1.54, 1.807) is 30.3 Å². The van der Waals surface area contributed by atoms with Gasteiger partial charge in [0, 0.05) is 21.6 Å². The molecule has 4 rings (SSSR count). The van der Waals surface area contributed by atoms with E-state index in [9.17, 15) is 10.1 Å². The molecule has 0 atom stereocenters. The topological polar surface area (TPSA) is 107 Å². The molecular weight excluding hydrogens is 422 g/mol. The molecular formula is C20H14BrN5O2. The number of anilines is 3. The molecule has 0 radical (unpaired) electrons. The molecule has 8 heteroatoms. The van der Waals surface area contributed by atoms with Crippen molar-refractivity contribution in [2.75, 3.05) is 11.1 Å². The first kappa shape index (κ1) is 17.9. The van der Waals surface area contributed by atoms with E-state index in [-0.39, 0.29) is 16.6 Å². The Balaban J connectivity index is 1.87. The monoisotopic (exact) mass is 435 g/mol. The molecule has 3 N–H and O–H groups in total. The summed E-state index contributed by atoms with van der Waals surface area (Å²) < 4.78 is 0.921. The molecule has 0 aliphatic rings. The highest BCUT2D eigenvalue weighted by Crippen LogP contribution is 2.34. The normalized spacial score (nSPS) is 10.8. The number of nitrogens with one attached hydrogen (secondary N) is 1. The number of nitrogens with two attached hydrogens (primary N) is 1. The standard InChI is InChI=1S/C20H14BrN5O2/c21-13-4-3-5-14(11-13)23-19-16-10-12(8-9-17(16)24-20(22)25-19)15-6-1-2-7-18(15)26(27)28/h1-11H,(H3,22,23,24,25). The summed E-state index contributed by atoms with van der Waals surface area (Å²) in [6.07, 6.45) is 0. The number of nitro groups is 1. The van der Waals surface area contributed by atoms with Crippen molar-refractivity contribution in [1.82, 2.24) is 9.97 Å². The minimum Gasteiger partial charge on any atom is -0.368 e. The van der Waals surface area contributed by atoms with Gasteiger partial charge in [0.15, 0.2) is 0 Å². The number of benzene rings is 3. The van der Waals surface area contributed by atoms with Gasteiger partial charge < -0.3 is 11.1 Å². The minimum atomic E-state index is -0.389. The Morgan fingerprint density at radius 1 is 1.00 bits per heavy atom. The lowest BCUT2D eigenvalue weighted by Gasteiger charge is -2.11. The zero-order valence-electron chi connectivity index (χ0n) is 14.5. The lowest BCUT2D eigenvalue weighted by atomic mass is 10.0. The van der Waals surface area contributed by atoms with Crippen molar-refractivity contribution in [3.8, 4) is 11.1 Å². The molecule has 1 aromatic heterocycles. The Labute approximate surface area is 168 Å². The summed E-state index contributed by atoms with van der Waals surface area (Å²) in [5.74, 6) is 0.671. The summed E-state index contributed by atoms with van der Waals surface area (Å²) in [5, 5.41) is 15.4. The number of aromatic nitrogens is 2. The van der Waals surface area contributed by atoms with E-state index < -0.39 is 0 Å². The summed E-state index contributed by atoms with van der Waals surface area (Å²) in [6, 6.07) is 19.7. The molecule has 0 spiro atoms. The Morgan fingerprint density at radius 2 is 1.82 bits per heavy atom. The minimum absolute atomic E-state index is 0.0414. The average molecular weight is 436 g/mol. The van der Waals surface area contributed by atoms with Gasteiger partial charge in [0.1, 0.15) is 5.82 Å². The van der Waals surface area contributed by atoms with Gasteiger partial charge in [-0.2, -0.15) is 4.98 Å². The van der Waals surface area contributed by atoms with Crippen LogP contribution in [0.2, 0.25) is 0 Å². The molecule has 4 aromatic rings. The van der Waals surface area contributed by atoms with Crippen LogP contribution in [-0.2, 0) is 0 Å². The molecule has 28 heavy (non-hydrogen) atoms. The van der Waals surface area contributed by atoms with Crippen LogP contribution in [0.15, 0.2) is 71.2 Å². The summed E-state index contributed by atoms with van der Waals surface area (Å²) in [6.45, 7) is 0. The van der Waals surface area contributed by atoms with Crippen molar-refractivity contribution >= 4 is 50.0 Å². The van der Waals surface area contributed by atoms with E-state index in [1.165, 1.54) is 6.07 Å². The van der Waals surface area contributed by atoms with Gasteiger partial charge in [-0.15, -0.1) is 0 Å². The number of hydrogen-bond acceptors (Lipinski definition) is 6. The van der Waals surface area contributed by atoms with Crippen LogP contribution in [-0.4, -0.2) is 14.9 Å². The first-order chi connectivity index (χ1) is 13.5. The number of rotatable bonds is 4. The van der Waals surface area contributed by atoms with Gasteiger partial charge >= 0.3 is 0 Å². The van der Waals surface area contributed by atoms with Crippen molar-refractivity contribution in [1.29, 1.82) is 0 Å². The zero-order valence-corrected chi connectivity index (χ0v) is 16.1. The second-order valence-electron chi connectivity index (χ2n) is 6.07. The number of hydrogen-bond donors (Lipinski definition) is 2. The van der Waals surface area contributed by atoms with E-state index in [1.807, 2.05) is 30.3 Å². The Morgan fingerprint density at radius 3 is 2.61 bits per heavy atom. The lowest BCUT2D eigenvalue weighted by Crippen LogP contribution is -2.01. The van der Waals surface area contributed by atoms with Crippen molar-refractivity contribution in [3.63, 3.8) is 0 Å². The second-order valence-corrected chi connectivity index (χ2v) is 6.99. The van der Waals surface area contributed by atoms with Crippen LogP contribution in [0.25, 0.3) is 22.0 Å². The van der Waals surface area contributed by atoms with Crippen LogP contribution < -0.4 is 11.1 Å². The van der Waals surface area contributed by atoms with Crippen molar-refractivity contribution in [3.05, 3.63) is 81.3 Å². The molecule has 7 nitrogen and oxygen atoms in total. The molecule has 0 aliphatic carbocycles. The van der Waals surface area contributed by atoms with Gasteiger partial charge in [0.25, 0.3) is 5.69 Å². The molecule has 138 valence electrons. The first-order valence-electron chi connectivity index (χ1n) is 8.35. The van der Waals surface area contributed by atoms with Crippen molar-refractivity contribution < 1.29 is 4.92 Å². The second kappa shape index (κ2) is 7.24. The van der Waals surface area contributed by atoms with Gasteiger partial charge in [-0.1, -0.05) is 40.2 Å². The molecule has 0 fully saturated rings. The zero-order chi connectivity index (χ0) is 19.7. The molecule has 0 amide bonds. The molecule has 3 aromatic carbocycles. The SMILES string of the molecule is Nc1nc(Nc2cccc(Br)c2)c2cc(-c3ccccc3[N+](=O)[O-])ccc2n1. The molecule has 1 heterocycles. The number of fused-ring (bicyclic) bond motifs is 1. The van der Waals surface area contributed by atoms with Gasteiger partial charge in [-0.05, 0) is 42.0 Å². The molecule has 0 unspecified atom stereocenters. The largest absolute Gasteiger partial charge is 0.368 e. The number of para-hydroxylation sites is 1. The number of halogens is 1. The van der Waals surface area contributed by atoms with Gasteiger partial charge in [0.05, 0.1) is 16.0 Å². The molecule has 0 aliphatic heterocycles. The average Bonchev–Trinajstić information content (AvgIpc) is 2.67. The van der Waals surface area contributed by atoms with Gasteiger partial charge in [0.2, 0.25) is 5.95 Å². The quantitative estimate of drug-likeness (QED) is 0.332. The first-order valence-corrected chi connectivity index (χ1v) is 9.14. The van der Waals surface area contributed by atoms with Crippen LogP contribution in [0.4, 0.5) is 23.1 Å². The maximum Gasteiger partial charge on any atom is 0.277 e. The maximum absolute atomic E-state index is 11.4. The van der Waals surface area contributed by atoms with Crippen LogP contribution >= 0.6 is 15.9 Å². The molecule has 0 saturated heterocycles. The fourth-order valence-corrected chi connectivity index (χ4v) is 3.39. The van der Waals surface area contributed by atoms with Crippen LogP contribution in [0.3, 0.4) is 0 Å². The van der Waals surface area contributed by atoms with Gasteiger partial charge in [-0.25, -0.2) is 4.98 Å². The lowest BCUT2D eigenvalue weighted by molar-refractivity contribution is -0.384. The fraction of sp³-hybridized carbons (Fsp3) is 0. The summed E-state index contributed by atoms with van der Waals surface area (Å²) >= 11 is 3.44. The Bertz CT molecular complexity index is 1210. The highest BCUT2D eigenvalue weighted by atomic mass is 79.9. The third-order valence-corrected chi connectivity index (χ3v) is 4.71. The Hall–Kier alpha value is -3.52. The van der Waals surface area contributed by atoms with E-state index in [4.69, 9.17) is 5.73 Å². The number of nitrogen functional groups attached to an aromatic ring is 1. The van der Waals surface area contributed by atoms with Gasteiger partial charge in [-0.3, -0.25) is 10.1 Å². The predicted molar refractivity (Wildman–Crippen MR) is 113 cm³/mol. The van der Waals surface area contributed by atoms with E-state index >= 15 is 0 Å².